The topological polar surface area (TPSA) is 71.2 Å². The molecule has 0 aliphatic carbocycles. The van der Waals surface area contributed by atoms with Crippen molar-refractivity contribution in [2.24, 2.45) is 0 Å². The maximum atomic E-state index is 12.5. The van der Waals surface area contributed by atoms with Crippen molar-refractivity contribution in [2.45, 2.75) is 12.5 Å². The van der Waals surface area contributed by atoms with Crippen molar-refractivity contribution in [3.05, 3.63) is 70.5 Å². The number of aromatic amines is 1. The molecule has 4 rings (SSSR count). The minimum absolute atomic E-state index is 0.250. The van der Waals surface area contributed by atoms with Gasteiger partial charge in [0, 0.05) is 5.69 Å². The molecular formula is C19H16N2O3. The number of alkyl carbamates (subject to hydrolysis) is 1. The number of cyclic esters (lactones) is 1. The van der Waals surface area contributed by atoms with Gasteiger partial charge in [-0.3, -0.25) is 4.79 Å². The van der Waals surface area contributed by atoms with Gasteiger partial charge in [-0.2, -0.15) is 0 Å². The molecule has 1 aromatic heterocycles. The molecule has 1 fully saturated rings. The van der Waals surface area contributed by atoms with Gasteiger partial charge >= 0.3 is 6.09 Å². The summed E-state index contributed by atoms with van der Waals surface area (Å²) >= 11 is 0. The SMILES string of the molecule is CC1(c2ccc(-c3ccc4ccccc4c3)[nH]c2=O)CNC(=O)O1. The highest BCUT2D eigenvalue weighted by atomic mass is 16.6. The fourth-order valence-electron chi connectivity index (χ4n) is 3.08. The zero-order valence-corrected chi connectivity index (χ0v) is 13.1. The van der Waals surface area contributed by atoms with Gasteiger partial charge in [0.1, 0.15) is 0 Å². The van der Waals surface area contributed by atoms with Gasteiger partial charge in [0.15, 0.2) is 5.60 Å². The number of carbonyl (C=O) groups excluding carboxylic acids is 1. The van der Waals surface area contributed by atoms with Crippen LogP contribution in [0.5, 0.6) is 0 Å². The molecule has 5 nitrogen and oxygen atoms in total. The van der Waals surface area contributed by atoms with Crippen LogP contribution in [0.1, 0.15) is 12.5 Å². The van der Waals surface area contributed by atoms with Crippen molar-refractivity contribution in [1.29, 1.82) is 0 Å². The summed E-state index contributed by atoms with van der Waals surface area (Å²) in [4.78, 5) is 26.7. The molecule has 1 aliphatic rings. The van der Waals surface area contributed by atoms with Gasteiger partial charge in [0.2, 0.25) is 0 Å². The summed E-state index contributed by atoms with van der Waals surface area (Å²) in [6.45, 7) is 2.01. The van der Waals surface area contributed by atoms with E-state index in [1.807, 2.05) is 48.5 Å². The van der Waals surface area contributed by atoms with Crippen LogP contribution in [-0.4, -0.2) is 17.6 Å². The average Bonchev–Trinajstić information content (AvgIpc) is 2.94. The van der Waals surface area contributed by atoms with Gasteiger partial charge < -0.3 is 15.0 Å². The van der Waals surface area contributed by atoms with Gasteiger partial charge in [0.25, 0.3) is 5.56 Å². The third-order valence-electron chi connectivity index (χ3n) is 4.43. The van der Waals surface area contributed by atoms with Gasteiger partial charge in [-0.1, -0.05) is 36.4 Å². The lowest BCUT2D eigenvalue weighted by Gasteiger charge is -2.20. The second kappa shape index (κ2) is 5.23. The van der Waals surface area contributed by atoms with Gasteiger partial charge in [0.05, 0.1) is 12.1 Å². The van der Waals surface area contributed by atoms with E-state index in [-0.39, 0.29) is 12.1 Å². The lowest BCUT2D eigenvalue weighted by Crippen LogP contribution is -2.33. The molecule has 1 saturated heterocycles. The predicted molar refractivity (Wildman–Crippen MR) is 91.8 cm³/mol. The number of nitrogens with one attached hydrogen (secondary N) is 2. The van der Waals surface area contributed by atoms with E-state index in [2.05, 4.69) is 10.3 Å². The van der Waals surface area contributed by atoms with Crippen LogP contribution in [0.2, 0.25) is 0 Å². The monoisotopic (exact) mass is 320 g/mol. The second-order valence-corrected chi connectivity index (χ2v) is 6.15. The second-order valence-electron chi connectivity index (χ2n) is 6.15. The van der Waals surface area contributed by atoms with E-state index in [1.165, 1.54) is 0 Å². The fraction of sp³-hybridized carbons (Fsp3) is 0.158. The highest BCUT2D eigenvalue weighted by Gasteiger charge is 2.39. The van der Waals surface area contributed by atoms with E-state index in [1.54, 1.807) is 13.0 Å². The third kappa shape index (κ3) is 2.34. The van der Waals surface area contributed by atoms with Crippen molar-refractivity contribution in [3.63, 3.8) is 0 Å². The van der Waals surface area contributed by atoms with Crippen molar-refractivity contribution in [2.75, 3.05) is 6.54 Å². The Morgan fingerprint density at radius 2 is 1.79 bits per heavy atom. The number of pyridine rings is 1. The van der Waals surface area contributed by atoms with Crippen molar-refractivity contribution in [3.8, 4) is 11.3 Å². The summed E-state index contributed by atoms with van der Waals surface area (Å²) in [5.74, 6) is 0. The fourth-order valence-corrected chi connectivity index (χ4v) is 3.08. The summed E-state index contributed by atoms with van der Waals surface area (Å²) in [6.07, 6.45) is -0.504. The standard InChI is InChI=1S/C19H16N2O3/c1-19(11-20-18(23)24-19)15-8-9-16(21-17(15)22)14-7-6-12-4-2-3-5-13(12)10-14/h2-10H,11H2,1H3,(H,20,23)(H,21,22). The average molecular weight is 320 g/mol. The molecule has 2 heterocycles. The Morgan fingerprint density at radius 3 is 2.50 bits per heavy atom. The molecule has 0 bridgehead atoms. The number of carbonyl (C=O) groups is 1. The summed E-state index contributed by atoms with van der Waals surface area (Å²) in [5, 5.41) is 4.85. The van der Waals surface area contributed by atoms with Crippen LogP contribution in [0.4, 0.5) is 4.79 Å². The summed E-state index contributed by atoms with van der Waals surface area (Å²) in [5.41, 5.74) is 0.913. The van der Waals surface area contributed by atoms with Crippen LogP contribution in [0.25, 0.3) is 22.0 Å². The van der Waals surface area contributed by atoms with Gasteiger partial charge in [-0.05, 0) is 41.5 Å². The Morgan fingerprint density at radius 1 is 1.00 bits per heavy atom. The van der Waals surface area contributed by atoms with Crippen molar-refractivity contribution >= 4 is 16.9 Å². The molecule has 1 unspecified atom stereocenters. The van der Waals surface area contributed by atoms with Crippen LogP contribution < -0.4 is 10.9 Å². The molecule has 2 aromatic carbocycles. The van der Waals surface area contributed by atoms with Crippen LogP contribution >= 0.6 is 0 Å². The molecule has 2 N–H and O–H groups in total. The number of hydrogen-bond donors (Lipinski definition) is 2. The first kappa shape index (κ1) is 14.5. The first-order valence-corrected chi connectivity index (χ1v) is 7.75. The number of fused-ring (bicyclic) bond motifs is 1. The number of amides is 1. The minimum atomic E-state index is -0.938. The molecular weight excluding hydrogens is 304 g/mol. The first-order chi connectivity index (χ1) is 11.5. The molecule has 0 radical (unpaired) electrons. The predicted octanol–water partition coefficient (Wildman–Crippen LogP) is 3.15. The molecule has 5 heteroatoms. The summed E-state index contributed by atoms with van der Waals surface area (Å²) in [7, 11) is 0. The number of ether oxygens (including phenoxy) is 1. The molecule has 0 spiro atoms. The number of hydrogen-bond acceptors (Lipinski definition) is 3. The Balaban J connectivity index is 1.76. The third-order valence-corrected chi connectivity index (χ3v) is 4.43. The smallest absolute Gasteiger partial charge is 0.408 e. The zero-order chi connectivity index (χ0) is 16.7. The highest BCUT2D eigenvalue weighted by Crippen LogP contribution is 2.27. The Hall–Kier alpha value is -3.08. The van der Waals surface area contributed by atoms with Crippen molar-refractivity contribution < 1.29 is 9.53 Å². The summed E-state index contributed by atoms with van der Waals surface area (Å²) < 4.78 is 5.25. The number of aromatic nitrogens is 1. The molecule has 0 saturated carbocycles. The molecule has 120 valence electrons. The first-order valence-electron chi connectivity index (χ1n) is 7.75. The van der Waals surface area contributed by atoms with Crippen LogP contribution in [0.15, 0.2) is 59.4 Å². The van der Waals surface area contributed by atoms with E-state index in [0.717, 1.165) is 22.0 Å². The maximum Gasteiger partial charge on any atom is 0.408 e. The van der Waals surface area contributed by atoms with Crippen LogP contribution in [0.3, 0.4) is 0 Å². The van der Waals surface area contributed by atoms with E-state index in [9.17, 15) is 9.59 Å². The van der Waals surface area contributed by atoms with E-state index >= 15 is 0 Å². The van der Waals surface area contributed by atoms with Gasteiger partial charge in [-0.15, -0.1) is 0 Å². The normalized spacial score (nSPS) is 20.0. The van der Waals surface area contributed by atoms with Crippen molar-refractivity contribution in [1.82, 2.24) is 10.3 Å². The number of benzene rings is 2. The molecule has 1 amide bonds. The molecule has 1 atom stereocenters. The zero-order valence-electron chi connectivity index (χ0n) is 13.1. The molecule has 3 aromatic rings. The largest absolute Gasteiger partial charge is 0.436 e. The molecule has 1 aliphatic heterocycles. The maximum absolute atomic E-state index is 12.5. The number of rotatable bonds is 2. The van der Waals surface area contributed by atoms with Crippen LogP contribution in [0, 0.1) is 0 Å². The Labute approximate surface area is 138 Å². The Bertz CT molecular complexity index is 1010. The lowest BCUT2D eigenvalue weighted by molar-refractivity contribution is 0.0693. The highest BCUT2D eigenvalue weighted by molar-refractivity contribution is 5.86. The van der Waals surface area contributed by atoms with Crippen LogP contribution in [-0.2, 0) is 10.3 Å². The summed E-state index contributed by atoms with van der Waals surface area (Å²) in [6, 6.07) is 17.7. The van der Waals surface area contributed by atoms with E-state index in [0.29, 0.717) is 5.56 Å². The van der Waals surface area contributed by atoms with E-state index in [4.69, 9.17) is 4.74 Å². The Kier molecular flexibility index (Phi) is 3.16. The van der Waals surface area contributed by atoms with Gasteiger partial charge in [-0.25, -0.2) is 4.79 Å². The lowest BCUT2D eigenvalue weighted by atomic mass is 9.96. The molecule has 24 heavy (non-hydrogen) atoms. The van der Waals surface area contributed by atoms with E-state index < -0.39 is 11.7 Å². The number of H-pyrrole nitrogens is 1. The quantitative estimate of drug-likeness (QED) is 0.762. The minimum Gasteiger partial charge on any atom is -0.436 e.